The number of carbonyl (C=O) groups excluding carboxylic acids is 1. The van der Waals surface area contributed by atoms with Crippen molar-refractivity contribution in [3.63, 3.8) is 0 Å². The maximum atomic E-state index is 11.6. The van der Waals surface area contributed by atoms with Crippen molar-refractivity contribution in [2.24, 2.45) is 0 Å². The Bertz CT molecular complexity index is 698. The van der Waals surface area contributed by atoms with Crippen molar-refractivity contribution in [1.82, 2.24) is 4.98 Å². The van der Waals surface area contributed by atoms with Gasteiger partial charge in [0.15, 0.2) is 0 Å². The number of aryl methyl sites for hydroxylation is 1. The highest BCUT2D eigenvalue weighted by Crippen LogP contribution is 2.18. The summed E-state index contributed by atoms with van der Waals surface area (Å²) in [5.41, 5.74) is 8.92. The van der Waals surface area contributed by atoms with Crippen LogP contribution in [0.25, 0.3) is 0 Å². The van der Waals surface area contributed by atoms with Crippen LogP contribution in [0.15, 0.2) is 36.5 Å². The monoisotopic (exact) mass is 266 g/mol. The SMILES string of the molecule is COC(=O)c1cc(N)c(C#Cc2ccccn2)cc1C. The van der Waals surface area contributed by atoms with Crippen molar-refractivity contribution in [2.45, 2.75) is 6.92 Å². The number of ether oxygens (including phenoxy) is 1. The second kappa shape index (κ2) is 5.89. The summed E-state index contributed by atoms with van der Waals surface area (Å²) >= 11 is 0. The van der Waals surface area contributed by atoms with Crippen LogP contribution in [0.4, 0.5) is 5.69 Å². The average Bonchev–Trinajstić information content (AvgIpc) is 2.48. The number of carbonyl (C=O) groups is 1. The molecule has 0 aliphatic carbocycles. The molecule has 0 saturated carbocycles. The molecule has 4 heteroatoms. The number of hydrogen-bond acceptors (Lipinski definition) is 4. The highest BCUT2D eigenvalue weighted by atomic mass is 16.5. The molecule has 20 heavy (non-hydrogen) atoms. The molecule has 1 aromatic heterocycles. The minimum absolute atomic E-state index is 0.404. The van der Waals surface area contributed by atoms with Gasteiger partial charge in [-0.1, -0.05) is 12.0 Å². The summed E-state index contributed by atoms with van der Waals surface area (Å²) in [6.45, 7) is 1.82. The summed E-state index contributed by atoms with van der Waals surface area (Å²) in [7, 11) is 1.34. The van der Waals surface area contributed by atoms with E-state index in [1.807, 2.05) is 25.1 Å². The Morgan fingerprint density at radius 3 is 2.75 bits per heavy atom. The van der Waals surface area contributed by atoms with E-state index < -0.39 is 5.97 Å². The lowest BCUT2D eigenvalue weighted by molar-refractivity contribution is 0.0600. The van der Waals surface area contributed by atoms with E-state index in [2.05, 4.69) is 16.8 Å². The highest BCUT2D eigenvalue weighted by Gasteiger charge is 2.11. The first-order valence-electron chi connectivity index (χ1n) is 6.03. The first-order valence-corrected chi connectivity index (χ1v) is 6.03. The fourth-order valence-electron chi connectivity index (χ4n) is 1.73. The van der Waals surface area contributed by atoms with Crippen LogP contribution in [-0.4, -0.2) is 18.1 Å². The van der Waals surface area contributed by atoms with Crippen molar-refractivity contribution < 1.29 is 9.53 Å². The predicted octanol–water partition coefficient (Wildman–Crippen LogP) is 2.16. The molecule has 1 heterocycles. The number of rotatable bonds is 1. The number of esters is 1. The summed E-state index contributed by atoms with van der Waals surface area (Å²) < 4.78 is 4.70. The van der Waals surface area contributed by atoms with E-state index in [4.69, 9.17) is 10.5 Å². The van der Waals surface area contributed by atoms with Crippen LogP contribution in [0.2, 0.25) is 0 Å². The molecule has 1 aromatic carbocycles. The van der Waals surface area contributed by atoms with Crippen molar-refractivity contribution in [3.8, 4) is 11.8 Å². The number of benzene rings is 1. The zero-order valence-electron chi connectivity index (χ0n) is 11.3. The van der Waals surface area contributed by atoms with Crippen LogP contribution in [0.1, 0.15) is 27.2 Å². The molecule has 0 amide bonds. The fourth-order valence-corrected chi connectivity index (χ4v) is 1.73. The number of nitrogens with two attached hydrogens (primary N) is 1. The molecular formula is C16H14N2O2. The summed E-state index contributed by atoms with van der Waals surface area (Å²) in [6.07, 6.45) is 1.68. The Morgan fingerprint density at radius 2 is 2.10 bits per heavy atom. The number of aromatic nitrogens is 1. The zero-order chi connectivity index (χ0) is 14.5. The normalized spacial score (nSPS) is 9.50. The van der Waals surface area contributed by atoms with Crippen molar-refractivity contribution in [2.75, 3.05) is 12.8 Å². The van der Waals surface area contributed by atoms with E-state index in [1.54, 1.807) is 18.3 Å². The number of pyridine rings is 1. The van der Waals surface area contributed by atoms with Gasteiger partial charge in [-0.25, -0.2) is 9.78 Å². The minimum Gasteiger partial charge on any atom is -0.465 e. The van der Waals surface area contributed by atoms with Gasteiger partial charge >= 0.3 is 5.97 Å². The number of anilines is 1. The van der Waals surface area contributed by atoms with E-state index in [0.29, 0.717) is 22.5 Å². The maximum Gasteiger partial charge on any atom is 0.338 e. The number of nitrogens with zero attached hydrogens (tertiary/aromatic N) is 1. The van der Waals surface area contributed by atoms with E-state index >= 15 is 0 Å². The van der Waals surface area contributed by atoms with E-state index in [0.717, 1.165) is 5.56 Å². The molecule has 0 fully saturated rings. The molecule has 0 radical (unpaired) electrons. The van der Waals surface area contributed by atoms with Gasteiger partial charge in [-0.15, -0.1) is 0 Å². The van der Waals surface area contributed by atoms with E-state index in [-0.39, 0.29) is 0 Å². The third-order valence-corrected chi connectivity index (χ3v) is 2.79. The molecule has 4 nitrogen and oxygen atoms in total. The van der Waals surface area contributed by atoms with Gasteiger partial charge in [0.2, 0.25) is 0 Å². The van der Waals surface area contributed by atoms with Gasteiger partial charge in [0, 0.05) is 17.4 Å². The Hall–Kier alpha value is -2.80. The van der Waals surface area contributed by atoms with Gasteiger partial charge in [-0.3, -0.25) is 0 Å². The Kier molecular flexibility index (Phi) is 4.02. The first kappa shape index (κ1) is 13.6. The number of nitrogen functional groups attached to an aromatic ring is 1. The van der Waals surface area contributed by atoms with Crippen molar-refractivity contribution >= 4 is 11.7 Å². The van der Waals surface area contributed by atoms with Crippen LogP contribution in [0.5, 0.6) is 0 Å². The lowest BCUT2D eigenvalue weighted by Gasteiger charge is -2.06. The molecule has 0 aliphatic rings. The van der Waals surface area contributed by atoms with Crippen molar-refractivity contribution in [3.05, 3.63) is 58.9 Å². The highest BCUT2D eigenvalue weighted by molar-refractivity contribution is 5.92. The van der Waals surface area contributed by atoms with Crippen LogP contribution >= 0.6 is 0 Å². The van der Waals surface area contributed by atoms with Crippen LogP contribution in [0.3, 0.4) is 0 Å². The largest absolute Gasteiger partial charge is 0.465 e. The quantitative estimate of drug-likeness (QED) is 0.488. The van der Waals surface area contributed by atoms with Gasteiger partial charge in [0.25, 0.3) is 0 Å². The van der Waals surface area contributed by atoms with Gasteiger partial charge in [-0.2, -0.15) is 0 Å². The molecule has 0 atom stereocenters. The standard InChI is InChI=1S/C16H14N2O2/c1-11-9-12(6-7-13-5-3-4-8-18-13)15(17)10-14(11)16(19)20-2/h3-5,8-10H,17H2,1-2H3. The lowest BCUT2D eigenvalue weighted by atomic mass is 10.0. The van der Waals surface area contributed by atoms with Gasteiger partial charge in [0.05, 0.1) is 12.7 Å². The van der Waals surface area contributed by atoms with Gasteiger partial charge in [-0.05, 0) is 42.7 Å². The van der Waals surface area contributed by atoms with Gasteiger partial charge < -0.3 is 10.5 Å². The smallest absolute Gasteiger partial charge is 0.338 e. The number of hydrogen-bond donors (Lipinski definition) is 1. The lowest BCUT2D eigenvalue weighted by Crippen LogP contribution is -2.06. The van der Waals surface area contributed by atoms with Gasteiger partial charge in [0.1, 0.15) is 5.69 Å². The van der Waals surface area contributed by atoms with E-state index in [9.17, 15) is 4.79 Å². The summed E-state index contributed by atoms with van der Waals surface area (Å²) in [4.78, 5) is 15.7. The Labute approximate surface area is 117 Å². The summed E-state index contributed by atoms with van der Waals surface area (Å²) in [6, 6.07) is 8.88. The average molecular weight is 266 g/mol. The van der Waals surface area contributed by atoms with Crippen LogP contribution < -0.4 is 5.73 Å². The molecule has 100 valence electrons. The summed E-state index contributed by atoms with van der Waals surface area (Å²) in [5, 5.41) is 0. The molecule has 2 rings (SSSR count). The van der Waals surface area contributed by atoms with Crippen LogP contribution in [0, 0.1) is 18.8 Å². The second-order valence-corrected chi connectivity index (χ2v) is 4.21. The summed E-state index contributed by atoms with van der Waals surface area (Å²) in [5.74, 6) is 5.49. The van der Waals surface area contributed by atoms with E-state index in [1.165, 1.54) is 7.11 Å². The molecule has 0 aliphatic heterocycles. The predicted molar refractivity (Wildman–Crippen MR) is 77.1 cm³/mol. The molecule has 0 spiro atoms. The third kappa shape index (κ3) is 2.96. The zero-order valence-corrected chi connectivity index (χ0v) is 11.3. The van der Waals surface area contributed by atoms with Crippen molar-refractivity contribution in [1.29, 1.82) is 0 Å². The fraction of sp³-hybridized carbons (Fsp3) is 0.125. The second-order valence-electron chi connectivity index (χ2n) is 4.21. The Morgan fingerprint density at radius 1 is 1.30 bits per heavy atom. The first-order chi connectivity index (χ1) is 9.61. The molecule has 0 saturated heterocycles. The molecular weight excluding hydrogens is 252 g/mol. The molecule has 0 unspecified atom stereocenters. The minimum atomic E-state index is -0.404. The maximum absolute atomic E-state index is 11.6. The number of methoxy groups -OCH3 is 1. The van der Waals surface area contributed by atoms with Crippen LogP contribution in [-0.2, 0) is 4.74 Å². The Balaban J connectivity index is 2.38. The topological polar surface area (TPSA) is 65.2 Å². The molecule has 0 bridgehead atoms. The third-order valence-electron chi connectivity index (χ3n) is 2.79. The molecule has 2 N–H and O–H groups in total. The molecule has 2 aromatic rings.